The molecule has 0 bridgehead atoms. The highest BCUT2D eigenvalue weighted by Gasteiger charge is 2.13. The first-order valence-electron chi connectivity index (χ1n) is 7.13. The Morgan fingerprint density at radius 3 is 2.57 bits per heavy atom. The van der Waals surface area contributed by atoms with Crippen molar-refractivity contribution < 1.29 is 18.7 Å². The predicted octanol–water partition coefficient (Wildman–Crippen LogP) is 4.54. The van der Waals surface area contributed by atoms with E-state index in [-0.39, 0.29) is 5.78 Å². The molecule has 0 unspecified atom stereocenters. The van der Waals surface area contributed by atoms with Gasteiger partial charge in [-0.15, -0.1) is 0 Å². The summed E-state index contributed by atoms with van der Waals surface area (Å²) in [6, 6.07) is 7.47. The second kappa shape index (κ2) is 8.24. The van der Waals surface area contributed by atoms with Gasteiger partial charge in [0, 0.05) is 24.3 Å². The molecule has 0 aliphatic heterocycles. The molecule has 4 nitrogen and oxygen atoms in total. The van der Waals surface area contributed by atoms with Crippen molar-refractivity contribution in [3.63, 3.8) is 0 Å². The maximum absolute atomic E-state index is 12.5. The van der Waals surface area contributed by atoms with Crippen molar-refractivity contribution >= 4 is 27.8 Å². The van der Waals surface area contributed by atoms with E-state index in [1.54, 1.807) is 20.3 Å². The lowest BCUT2D eigenvalue weighted by Gasteiger charge is -2.11. The van der Waals surface area contributed by atoms with Crippen molar-refractivity contribution in [2.45, 2.75) is 20.1 Å². The van der Waals surface area contributed by atoms with E-state index in [4.69, 9.17) is 13.9 Å². The number of rotatable bonds is 7. The molecule has 1 heterocycles. The van der Waals surface area contributed by atoms with E-state index in [1.807, 2.05) is 31.2 Å². The lowest BCUT2D eigenvalue weighted by atomic mass is 10.0. The van der Waals surface area contributed by atoms with Crippen LogP contribution in [0.5, 0.6) is 0 Å². The summed E-state index contributed by atoms with van der Waals surface area (Å²) in [7, 11) is 3.24. The van der Waals surface area contributed by atoms with Crippen LogP contribution >= 0.6 is 15.9 Å². The van der Waals surface area contributed by atoms with Crippen LogP contribution in [0.1, 0.15) is 33.0 Å². The number of aryl methyl sites for hydroxylation is 1. The van der Waals surface area contributed by atoms with E-state index in [0.717, 1.165) is 21.4 Å². The zero-order chi connectivity index (χ0) is 16.8. The second-order valence-corrected chi connectivity index (χ2v) is 5.92. The molecule has 1 aromatic carbocycles. The summed E-state index contributed by atoms with van der Waals surface area (Å²) in [4.78, 5) is 12.5. The molecule has 122 valence electrons. The number of hydrogen-bond acceptors (Lipinski definition) is 4. The number of hydrogen-bond donors (Lipinski definition) is 0. The number of carbonyl (C=O) groups is 1. The van der Waals surface area contributed by atoms with Crippen LogP contribution < -0.4 is 0 Å². The Hall–Kier alpha value is -1.69. The van der Waals surface area contributed by atoms with Crippen molar-refractivity contribution in [2.75, 3.05) is 14.2 Å². The molecule has 2 aromatic rings. The minimum absolute atomic E-state index is 0.110. The number of halogens is 1. The van der Waals surface area contributed by atoms with Gasteiger partial charge in [0.05, 0.1) is 13.2 Å². The summed E-state index contributed by atoms with van der Waals surface area (Å²) in [6.07, 6.45) is 3.17. The standard InChI is InChI=1S/C18H19BrO4/c1-12-4-5-15(23-12)6-7-17(20)16-9-13(10-21-2)8-14(11-22-3)18(16)19/h4-9H,10-11H2,1-3H3/b7-6+. The third-order valence-corrected chi connectivity index (χ3v) is 4.18. The molecule has 0 atom stereocenters. The topological polar surface area (TPSA) is 48.7 Å². The van der Waals surface area contributed by atoms with E-state index >= 15 is 0 Å². The summed E-state index contributed by atoms with van der Waals surface area (Å²) in [5.74, 6) is 1.35. The van der Waals surface area contributed by atoms with Gasteiger partial charge in [0.2, 0.25) is 0 Å². The Kier molecular flexibility index (Phi) is 6.33. The highest BCUT2D eigenvalue weighted by Crippen LogP contribution is 2.26. The van der Waals surface area contributed by atoms with Gasteiger partial charge in [-0.3, -0.25) is 4.79 Å². The average molecular weight is 379 g/mol. The quantitative estimate of drug-likeness (QED) is 0.524. The van der Waals surface area contributed by atoms with E-state index in [9.17, 15) is 4.79 Å². The maximum Gasteiger partial charge on any atom is 0.187 e. The van der Waals surface area contributed by atoms with E-state index < -0.39 is 0 Å². The van der Waals surface area contributed by atoms with Gasteiger partial charge >= 0.3 is 0 Å². The molecule has 0 amide bonds. The van der Waals surface area contributed by atoms with Gasteiger partial charge in [0.15, 0.2) is 5.78 Å². The minimum Gasteiger partial charge on any atom is -0.462 e. The Balaban J connectivity index is 2.32. The van der Waals surface area contributed by atoms with Gasteiger partial charge in [0.25, 0.3) is 0 Å². The zero-order valence-corrected chi connectivity index (χ0v) is 15.0. The molecule has 23 heavy (non-hydrogen) atoms. The number of furan rings is 1. The van der Waals surface area contributed by atoms with Gasteiger partial charge < -0.3 is 13.9 Å². The summed E-state index contributed by atoms with van der Waals surface area (Å²) in [6.45, 7) is 2.71. The summed E-state index contributed by atoms with van der Waals surface area (Å²) < 4.78 is 16.5. The monoisotopic (exact) mass is 378 g/mol. The highest BCUT2D eigenvalue weighted by molar-refractivity contribution is 9.10. The van der Waals surface area contributed by atoms with Crippen molar-refractivity contribution in [1.82, 2.24) is 0 Å². The molecule has 0 N–H and O–H groups in total. The third-order valence-electron chi connectivity index (χ3n) is 3.24. The van der Waals surface area contributed by atoms with E-state index in [1.165, 1.54) is 6.08 Å². The van der Waals surface area contributed by atoms with Crippen molar-refractivity contribution in [3.8, 4) is 0 Å². The first-order chi connectivity index (χ1) is 11.0. The number of allylic oxidation sites excluding steroid dienone is 1. The largest absolute Gasteiger partial charge is 0.462 e. The molecular weight excluding hydrogens is 360 g/mol. The first-order valence-corrected chi connectivity index (χ1v) is 7.92. The normalized spacial score (nSPS) is 11.3. The summed E-state index contributed by atoms with van der Waals surface area (Å²) in [5, 5.41) is 0. The Morgan fingerprint density at radius 1 is 1.22 bits per heavy atom. The van der Waals surface area contributed by atoms with Crippen LogP contribution in [0.3, 0.4) is 0 Å². The Morgan fingerprint density at radius 2 is 1.96 bits per heavy atom. The SMILES string of the molecule is COCc1cc(COC)c(Br)c(C(=O)/C=C/c2ccc(C)o2)c1. The highest BCUT2D eigenvalue weighted by atomic mass is 79.9. The van der Waals surface area contributed by atoms with Crippen LogP contribution in [0.2, 0.25) is 0 Å². The molecule has 2 rings (SSSR count). The number of ketones is 1. The second-order valence-electron chi connectivity index (χ2n) is 5.13. The zero-order valence-electron chi connectivity index (χ0n) is 13.4. The maximum atomic E-state index is 12.5. The lowest BCUT2D eigenvalue weighted by molar-refractivity contribution is 0.104. The summed E-state index contributed by atoms with van der Waals surface area (Å²) in [5.41, 5.74) is 2.41. The average Bonchev–Trinajstić information content (AvgIpc) is 2.94. The molecule has 0 aliphatic rings. The fourth-order valence-electron chi connectivity index (χ4n) is 2.23. The fraction of sp³-hybridized carbons (Fsp3) is 0.278. The van der Waals surface area contributed by atoms with Crippen LogP contribution in [-0.2, 0) is 22.7 Å². The molecule has 5 heteroatoms. The van der Waals surface area contributed by atoms with Gasteiger partial charge in [-0.1, -0.05) is 0 Å². The van der Waals surface area contributed by atoms with Gasteiger partial charge in [-0.05, 0) is 70.4 Å². The molecule has 0 saturated carbocycles. The Bertz CT molecular complexity index is 716. The number of methoxy groups -OCH3 is 2. The van der Waals surface area contributed by atoms with Crippen molar-refractivity contribution in [3.05, 3.63) is 63.0 Å². The molecule has 0 aliphatic carbocycles. The van der Waals surface area contributed by atoms with Crippen LogP contribution in [0, 0.1) is 6.92 Å². The van der Waals surface area contributed by atoms with E-state index in [2.05, 4.69) is 15.9 Å². The van der Waals surface area contributed by atoms with Gasteiger partial charge in [-0.25, -0.2) is 0 Å². The number of carbonyl (C=O) groups excluding carboxylic acids is 1. The Labute approximate surface area is 144 Å². The minimum atomic E-state index is -0.110. The summed E-state index contributed by atoms with van der Waals surface area (Å²) >= 11 is 3.50. The number of benzene rings is 1. The fourth-order valence-corrected chi connectivity index (χ4v) is 2.77. The third kappa shape index (κ3) is 4.64. The smallest absolute Gasteiger partial charge is 0.187 e. The molecule has 1 aromatic heterocycles. The molecule has 0 radical (unpaired) electrons. The van der Waals surface area contributed by atoms with Gasteiger partial charge in [-0.2, -0.15) is 0 Å². The van der Waals surface area contributed by atoms with Crippen LogP contribution in [-0.4, -0.2) is 20.0 Å². The predicted molar refractivity (Wildman–Crippen MR) is 92.4 cm³/mol. The lowest BCUT2D eigenvalue weighted by Crippen LogP contribution is -2.03. The first kappa shape index (κ1) is 17.7. The molecule has 0 saturated heterocycles. The van der Waals surface area contributed by atoms with Crippen LogP contribution in [0.15, 0.2) is 39.2 Å². The van der Waals surface area contributed by atoms with Crippen LogP contribution in [0.25, 0.3) is 6.08 Å². The van der Waals surface area contributed by atoms with Crippen molar-refractivity contribution in [1.29, 1.82) is 0 Å². The van der Waals surface area contributed by atoms with E-state index in [0.29, 0.717) is 24.5 Å². The molecular formula is C18H19BrO4. The molecule has 0 fully saturated rings. The van der Waals surface area contributed by atoms with Crippen molar-refractivity contribution in [2.24, 2.45) is 0 Å². The number of ether oxygens (including phenoxy) is 2. The van der Waals surface area contributed by atoms with Crippen LogP contribution in [0.4, 0.5) is 0 Å². The molecule has 0 spiro atoms. The van der Waals surface area contributed by atoms with Gasteiger partial charge in [0.1, 0.15) is 11.5 Å².